The number of hydrogen-bond donors (Lipinski definition) is 1. The molecule has 0 fully saturated rings. The van der Waals surface area contributed by atoms with Crippen molar-refractivity contribution in [2.45, 2.75) is 6.54 Å². The van der Waals surface area contributed by atoms with Crippen molar-refractivity contribution in [1.29, 1.82) is 0 Å². The minimum atomic E-state index is -0.142. The van der Waals surface area contributed by atoms with Crippen molar-refractivity contribution in [3.63, 3.8) is 0 Å². The normalized spacial score (nSPS) is 10.4. The fraction of sp³-hybridized carbons (Fsp3) is 0.0833. The molecule has 0 saturated heterocycles. The Morgan fingerprint density at radius 1 is 1.28 bits per heavy atom. The number of thiophene rings is 1. The lowest BCUT2D eigenvalue weighted by atomic mass is 10.2. The van der Waals surface area contributed by atoms with Gasteiger partial charge in [-0.05, 0) is 46.3 Å². The van der Waals surface area contributed by atoms with Gasteiger partial charge in [0.05, 0.1) is 15.9 Å². The lowest BCUT2D eigenvalue weighted by molar-refractivity contribution is 0.0951. The maximum Gasteiger partial charge on any atom is 0.251 e. The molecule has 0 bridgehead atoms. The molecule has 6 heteroatoms. The molecule has 2 nitrogen and oxygen atoms in total. The summed E-state index contributed by atoms with van der Waals surface area (Å²) < 4.78 is 1.42. The Morgan fingerprint density at radius 2 is 2.06 bits per heavy atom. The molecule has 0 atom stereocenters. The molecular formula is C12H8BrCl2NOS. The third-order valence-corrected chi connectivity index (χ3v) is 4.68. The van der Waals surface area contributed by atoms with Gasteiger partial charge in [-0.1, -0.05) is 23.2 Å². The average Bonchev–Trinajstić information content (AvgIpc) is 2.75. The van der Waals surface area contributed by atoms with E-state index in [0.29, 0.717) is 25.9 Å². The van der Waals surface area contributed by atoms with Gasteiger partial charge in [-0.3, -0.25) is 4.79 Å². The SMILES string of the molecule is O=C(NCc1ccc(Cl)s1)c1ccc(Cl)c(Br)c1. The van der Waals surface area contributed by atoms with E-state index in [1.807, 2.05) is 12.1 Å². The van der Waals surface area contributed by atoms with Crippen molar-refractivity contribution >= 4 is 56.4 Å². The van der Waals surface area contributed by atoms with Crippen LogP contribution in [0.4, 0.5) is 0 Å². The molecule has 0 aliphatic carbocycles. The monoisotopic (exact) mass is 363 g/mol. The van der Waals surface area contributed by atoms with Crippen LogP contribution in [-0.2, 0) is 6.54 Å². The van der Waals surface area contributed by atoms with Crippen LogP contribution < -0.4 is 5.32 Å². The number of rotatable bonds is 3. The first-order chi connectivity index (χ1) is 8.56. The summed E-state index contributed by atoms with van der Waals surface area (Å²) in [6.45, 7) is 0.469. The standard InChI is InChI=1S/C12H8BrCl2NOS/c13-9-5-7(1-3-10(9)14)12(17)16-6-8-2-4-11(15)18-8/h1-5H,6H2,(H,16,17). The van der Waals surface area contributed by atoms with Crippen LogP contribution in [-0.4, -0.2) is 5.91 Å². The molecule has 0 radical (unpaired) electrons. The topological polar surface area (TPSA) is 29.1 Å². The van der Waals surface area contributed by atoms with Gasteiger partial charge in [-0.2, -0.15) is 0 Å². The number of carbonyl (C=O) groups is 1. The minimum Gasteiger partial charge on any atom is -0.347 e. The second-order valence-corrected chi connectivity index (χ2v) is 6.58. The summed E-state index contributed by atoms with van der Waals surface area (Å²) in [5.74, 6) is -0.142. The second kappa shape index (κ2) is 6.06. The smallest absolute Gasteiger partial charge is 0.251 e. The Balaban J connectivity index is 2.01. The molecule has 1 aromatic carbocycles. The molecule has 0 aliphatic rings. The molecule has 1 heterocycles. The first kappa shape index (κ1) is 13.9. The summed E-state index contributed by atoms with van der Waals surface area (Å²) in [7, 11) is 0. The van der Waals surface area contributed by atoms with Crippen molar-refractivity contribution in [1.82, 2.24) is 5.32 Å². The van der Waals surface area contributed by atoms with Crippen LogP contribution in [0, 0.1) is 0 Å². The lowest BCUT2D eigenvalue weighted by Crippen LogP contribution is -2.22. The predicted molar refractivity (Wildman–Crippen MR) is 79.7 cm³/mol. The number of amides is 1. The van der Waals surface area contributed by atoms with Gasteiger partial charge in [0.2, 0.25) is 0 Å². The largest absolute Gasteiger partial charge is 0.347 e. The van der Waals surface area contributed by atoms with E-state index in [1.165, 1.54) is 11.3 Å². The maximum absolute atomic E-state index is 11.9. The van der Waals surface area contributed by atoms with Crippen LogP contribution in [0.3, 0.4) is 0 Å². The van der Waals surface area contributed by atoms with Crippen molar-refractivity contribution in [3.8, 4) is 0 Å². The van der Waals surface area contributed by atoms with Gasteiger partial charge in [-0.15, -0.1) is 11.3 Å². The van der Waals surface area contributed by atoms with E-state index < -0.39 is 0 Å². The number of carbonyl (C=O) groups excluding carboxylic acids is 1. The molecule has 0 aliphatic heterocycles. The van der Waals surface area contributed by atoms with E-state index in [4.69, 9.17) is 23.2 Å². The number of nitrogens with one attached hydrogen (secondary N) is 1. The second-order valence-electron chi connectivity index (χ2n) is 3.52. The Labute approximate surface area is 127 Å². The van der Waals surface area contributed by atoms with Gasteiger partial charge in [-0.25, -0.2) is 0 Å². The predicted octanol–water partition coefficient (Wildman–Crippen LogP) is 4.75. The van der Waals surface area contributed by atoms with Gasteiger partial charge >= 0.3 is 0 Å². The Bertz CT molecular complexity index is 585. The zero-order chi connectivity index (χ0) is 13.1. The zero-order valence-electron chi connectivity index (χ0n) is 9.04. The molecule has 1 aromatic heterocycles. The van der Waals surface area contributed by atoms with Crippen LogP contribution in [0.15, 0.2) is 34.8 Å². The first-order valence-electron chi connectivity index (χ1n) is 5.04. The van der Waals surface area contributed by atoms with Crippen LogP contribution in [0.2, 0.25) is 9.36 Å². The van der Waals surface area contributed by atoms with E-state index in [0.717, 1.165) is 4.88 Å². The van der Waals surface area contributed by atoms with Gasteiger partial charge in [0.1, 0.15) is 0 Å². The molecule has 2 aromatic rings. The molecule has 18 heavy (non-hydrogen) atoms. The van der Waals surface area contributed by atoms with E-state index in [1.54, 1.807) is 18.2 Å². The van der Waals surface area contributed by atoms with Crippen molar-refractivity contribution in [2.75, 3.05) is 0 Å². The summed E-state index contributed by atoms with van der Waals surface area (Å²) in [4.78, 5) is 12.9. The van der Waals surface area contributed by atoms with Crippen molar-refractivity contribution in [2.24, 2.45) is 0 Å². The highest BCUT2D eigenvalue weighted by molar-refractivity contribution is 9.10. The minimum absolute atomic E-state index is 0.142. The zero-order valence-corrected chi connectivity index (χ0v) is 13.0. The third kappa shape index (κ3) is 3.48. The maximum atomic E-state index is 11.9. The summed E-state index contributed by atoms with van der Waals surface area (Å²) in [5.41, 5.74) is 0.564. The quantitative estimate of drug-likeness (QED) is 0.836. The molecule has 0 spiro atoms. The molecule has 2 rings (SSSR count). The molecule has 1 amide bonds. The Hall–Kier alpha value is -0.550. The fourth-order valence-electron chi connectivity index (χ4n) is 1.35. The number of benzene rings is 1. The summed E-state index contributed by atoms with van der Waals surface area (Å²) in [6.07, 6.45) is 0. The molecule has 94 valence electrons. The first-order valence-corrected chi connectivity index (χ1v) is 7.40. The van der Waals surface area contributed by atoms with Gasteiger partial charge in [0.25, 0.3) is 5.91 Å². The summed E-state index contributed by atoms with van der Waals surface area (Å²) >= 11 is 16.4. The number of halogens is 3. The van der Waals surface area contributed by atoms with E-state index >= 15 is 0 Å². The number of hydrogen-bond acceptors (Lipinski definition) is 2. The van der Waals surface area contributed by atoms with Gasteiger partial charge in [0.15, 0.2) is 0 Å². The van der Waals surface area contributed by atoms with Crippen LogP contribution >= 0.6 is 50.5 Å². The molecule has 1 N–H and O–H groups in total. The summed E-state index contributed by atoms with van der Waals surface area (Å²) in [5, 5.41) is 3.40. The van der Waals surface area contributed by atoms with Crippen LogP contribution in [0.1, 0.15) is 15.2 Å². The average molecular weight is 365 g/mol. The lowest BCUT2D eigenvalue weighted by Gasteiger charge is -2.04. The van der Waals surface area contributed by atoms with Crippen LogP contribution in [0.25, 0.3) is 0 Å². The highest BCUT2D eigenvalue weighted by Crippen LogP contribution is 2.24. The van der Waals surface area contributed by atoms with E-state index in [2.05, 4.69) is 21.2 Å². The summed E-state index contributed by atoms with van der Waals surface area (Å²) in [6, 6.07) is 8.77. The highest BCUT2D eigenvalue weighted by Gasteiger charge is 2.08. The third-order valence-electron chi connectivity index (χ3n) is 2.23. The highest BCUT2D eigenvalue weighted by atomic mass is 79.9. The van der Waals surface area contributed by atoms with Crippen molar-refractivity contribution < 1.29 is 4.79 Å². The Kier molecular flexibility index (Phi) is 4.67. The van der Waals surface area contributed by atoms with Crippen LogP contribution in [0.5, 0.6) is 0 Å². The van der Waals surface area contributed by atoms with E-state index in [-0.39, 0.29) is 5.91 Å². The molecule has 0 saturated carbocycles. The van der Waals surface area contributed by atoms with E-state index in [9.17, 15) is 4.79 Å². The van der Waals surface area contributed by atoms with Crippen molar-refractivity contribution in [3.05, 3.63) is 54.6 Å². The van der Waals surface area contributed by atoms with Gasteiger partial charge < -0.3 is 5.32 Å². The Morgan fingerprint density at radius 3 is 2.67 bits per heavy atom. The fourth-order valence-corrected chi connectivity index (χ4v) is 2.88. The molecular weight excluding hydrogens is 357 g/mol. The molecule has 0 unspecified atom stereocenters. The van der Waals surface area contributed by atoms with Gasteiger partial charge in [0, 0.05) is 14.9 Å².